The van der Waals surface area contributed by atoms with E-state index in [4.69, 9.17) is 14.2 Å². The Hall–Kier alpha value is -2.16. The van der Waals surface area contributed by atoms with Crippen LogP contribution in [0.5, 0.6) is 0 Å². The van der Waals surface area contributed by atoms with E-state index >= 15 is 0 Å². The summed E-state index contributed by atoms with van der Waals surface area (Å²) in [5, 5.41) is 0. The molecule has 9 heteroatoms. The molecule has 2 aliphatic carbocycles. The molecule has 0 aromatic heterocycles. The van der Waals surface area contributed by atoms with E-state index in [1.165, 1.54) is 14.2 Å². The highest BCUT2D eigenvalue weighted by atomic mass is 16.6. The third-order valence-electron chi connectivity index (χ3n) is 4.96. The van der Waals surface area contributed by atoms with Gasteiger partial charge >= 0.3 is 23.9 Å². The second kappa shape index (κ2) is 10.2. The number of ether oxygens (including phenoxy) is 5. The molecule has 2 rings (SSSR count). The first-order valence-electron chi connectivity index (χ1n) is 9.02. The van der Waals surface area contributed by atoms with Crippen molar-refractivity contribution in [2.24, 2.45) is 23.7 Å². The second-order valence-corrected chi connectivity index (χ2v) is 6.72. The fourth-order valence-electron chi connectivity index (χ4n) is 3.08. The predicted octanol–water partition coefficient (Wildman–Crippen LogP) is 0.488. The van der Waals surface area contributed by atoms with Crippen molar-refractivity contribution in [1.29, 1.82) is 0 Å². The Balaban J connectivity index is 1.42. The molecule has 9 nitrogen and oxygen atoms in total. The van der Waals surface area contributed by atoms with Crippen molar-refractivity contribution in [2.75, 3.05) is 40.6 Å². The van der Waals surface area contributed by atoms with Gasteiger partial charge in [-0.25, -0.2) is 0 Å². The summed E-state index contributed by atoms with van der Waals surface area (Å²) in [5.41, 5.74) is 0. The zero-order valence-corrected chi connectivity index (χ0v) is 15.6. The summed E-state index contributed by atoms with van der Waals surface area (Å²) >= 11 is 0. The molecule has 0 bridgehead atoms. The summed E-state index contributed by atoms with van der Waals surface area (Å²) in [6.45, 7) is 0.611. The quantitative estimate of drug-likeness (QED) is 0.300. The fourth-order valence-corrected chi connectivity index (χ4v) is 3.08. The van der Waals surface area contributed by atoms with Gasteiger partial charge in [-0.1, -0.05) is 0 Å². The van der Waals surface area contributed by atoms with Crippen LogP contribution < -0.4 is 0 Å². The van der Waals surface area contributed by atoms with E-state index in [1.807, 2.05) is 0 Å². The number of carbonyl (C=O) groups is 4. The third kappa shape index (κ3) is 5.92. The highest BCUT2D eigenvalue weighted by Crippen LogP contribution is 2.36. The molecular weight excluding hydrogens is 360 g/mol. The van der Waals surface area contributed by atoms with E-state index in [9.17, 15) is 19.2 Å². The van der Waals surface area contributed by atoms with Gasteiger partial charge in [-0.05, 0) is 25.7 Å². The van der Waals surface area contributed by atoms with Gasteiger partial charge in [0.15, 0.2) is 0 Å². The van der Waals surface area contributed by atoms with Gasteiger partial charge in [0.1, 0.15) is 13.2 Å². The molecule has 0 heterocycles. The van der Waals surface area contributed by atoms with Crippen LogP contribution in [-0.2, 0) is 42.9 Å². The van der Waals surface area contributed by atoms with Crippen molar-refractivity contribution in [1.82, 2.24) is 0 Å². The molecular formula is C18H26O9. The summed E-state index contributed by atoms with van der Waals surface area (Å²) in [6.07, 6.45) is 1.83. The molecule has 0 radical (unpaired) electrons. The average Bonchev–Trinajstić information content (AvgIpc) is 2.57. The van der Waals surface area contributed by atoms with Crippen molar-refractivity contribution in [2.45, 2.75) is 25.7 Å². The number of carbonyl (C=O) groups excluding carboxylic acids is 4. The van der Waals surface area contributed by atoms with Crippen LogP contribution in [0.4, 0.5) is 0 Å². The SMILES string of the molecule is COC(=O)[C@H]1C[C@@H](C(=O)OCCOCCOC(=O)[C@H]2C[C@@H](C(=O)OC)C2)C1. The highest BCUT2D eigenvalue weighted by molar-refractivity contribution is 5.80. The van der Waals surface area contributed by atoms with Gasteiger partial charge in [0, 0.05) is 0 Å². The lowest BCUT2D eigenvalue weighted by atomic mass is 9.75. The molecule has 0 aliphatic heterocycles. The Morgan fingerprint density at radius 1 is 0.593 bits per heavy atom. The number of hydrogen-bond donors (Lipinski definition) is 0. The molecule has 0 aromatic rings. The molecule has 2 saturated carbocycles. The summed E-state index contributed by atoms with van der Waals surface area (Å²) in [5.74, 6) is -2.20. The largest absolute Gasteiger partial charge is 0.469 e. The van der Waals surface area contributed by atoms with Crippen LogP contribution in [0.2, 0.25) is 0 Å². The molecule has 0 spiro atoms. The molecule has 2 aliphatic rings. The van der Waals surface area contributed by atoms with E-state index < -0.39 is 0 Å². The molecule has 2 fully saturated rings. The van der Waals surface area contributed by atoms with Gasteiger partial charge < -0.3 is 23.7 Å². The summed E-state index contributed by atoms with van der Waals surface area (Å²) in [6, 6.07) is 0. The normalized spacial score (nSPS) is 26.1. The Labute approximate surface area is 157 Å². The van der Waals surface area contributed by atoms with Gasteiger partial charge in [0.2, 0.25) is 0 Å². The lowest BCUT2D eigenvalue weighted by Gasteiger charge is -2.31. The van der Waals surface area contributed by atoms with Crippen LogP contribution in [0.3, 0.4) is 0 Å². The smallest absolute Gasteiger partial charge is 0.309 e. The van der Waals surface area contributed by atoms with Crippen molar-refractivity contribution in [3.63, 3.8) is 0 Å². The van der Waals surface area contributed by atoms with E-state index in [2.05, 4.69) is 9.47 Å². The molecule has 0 amide bonds. The highest BCUT2D eigenvalue weighted by Gasteiger charge is 2.41. The van der Waals surface area contributed by atoms with Crippen molar-refractivity contribution in [3.05, 3.63) is 0 Å². The van der Waals surface area contributed by atoms with E-state index in [1.54, 1.807) is 0 Å². The minimum Gasteiger partial charge on any atom is -0.469 e. The van der Waals surface area contributed by atoms with Crippen LogP contribution in [0.25, 0.3) is 0 Å². The minimum atomic E-state index is -0.338. The Kier molecular flexibility index (Phi) is 8.02. The molecule has 0 atom stereocenters. The Morgan fingerprint density at radius 3 is 1.26 bits per heavy atom. The summed E-state index contributed by atoms with van der Waals surface area (Å²) in [7, 11) is 2.65. The van der Waals surface area contributed by atoms with Crippen LogP contribution in [0, 0.1) is 23.7 Å². The Morgan fingerprint density at radius 2 is 0.926 bits per heavy atom. The van der Waals surface area contributed by atoms with E-state index in [0.717, 1.165) is 0 Å². The fraction of sp³-hybridized carbons (Fsp3) is 0.778. The van der Waals surface area contributed by atoms with Crippen LogP contribution >= 0.6 is 0 Å². The zero-order chi connectivity index (χ0) is 19.8. The monoisotopic (exact) mass is 386 g/mol. The first kappa shape index (κ1) is 21.1. The molecule has 0 unspecified atom stereocenters. The third-order valence-corrected chi connectivity index (χ3v) is 4.96. The maximum absolute atomic E-state index is 11.7. The average molecular weight is 386 g/mol. The number of methoxy groups -OCH3 is 2. The standard InChI is InChI=1S/C18H26O9/c1-23-15(19)11-7-13(8-11)17(21)26-5-3-25-4-6-27-18(22)14-9-12(10-14)16(20)24-2/h11-14H,3-10H2,1-2H3/t11-,12-,13+,14+. The molecule has 0 N–H and O–H groups in total. The van der Waals surface area contributed by atoms with Crippen LogP contribution in [0.1, 0.15) is 25.7 Å². The lowest BCUT2D eigenvalue weighted by molar-refractivity contribution is -0.161. The number of esters is 4. The van der Waals surface area contributed by atoms with E-state index in [0.29, 0.717) is 25.7 Å². The minimum absolute atomic E-state index is 0.107. The van der Waals surface area contributed by atoms with Gasteiger partial charge in [-0.2, -0.15) is 0 Å². The van der Waals surface area contributed by atoms with Crippen LogP contribution in [0.15, 0.2) is 0 Å². The number of rotatable bonds is 10. The molecule has 0 saturated heterocycles. The summed E-state index contributed by atoms with van der Waals surface area (Å²) < 4.78 is 24.6. The molecule has 0 aromatic carbocycles. The first-order valence-corrected chi connectivity index (χ1v) is 9.02. The van der Waals surface area contributed by atoms with Gasteiger partial charge in [-0.3, -0.25) is 19.2 Å². The van der Waals surface area contributed by atoms with Crippen molar-refractivity contribution < 1.29 is 42.9 Å². The Bertz CT molecular complexity index is 499. The topological polar surface area (TPSA) is 114 Å². The maximum Gasteiger partial charge on any atom is 0.309 e. The zero-order valence-electron chi connectivity index (χ0n) is 15.6. The van der Waals surface area contributed by atoms with E-state index in [-0.39, 0.29) is 74.0 Å². The first-order chi connectivity index (χ1) is 13.0. The predicted molar refractivity (Wildman–Crippen MR) is 89.2 cm³/mol. The molecule has 27 heavy (non-hydrogen) atoms. The van der Waals surface area contributed by atoms with Gasteiger partial charge in [-0.15, -0.1) is 0 Å². The maximum atomic E-state index is 11.7. The second-order valence-electron chi connectivity index (χ2n) is 6.72. The summed E-state index contributed by atoms with van der Waals surface area (Å²) in [4.78, 5) is 46.0. The van der Waals surface area contributed by atoms with Crippen molar-refractivity contribution >= 4 is 23.9 Å². The molecule has 152 valence electrons. The lowest BCUT2D eigenvalue weighted by Crippen LogP contribution is -2.37. The number of hydrogen-bond acceptors (Lipinski definition) is 9. The van der Waals surface area contributed by atoms with Crippen molar-refractivity contribution in [3.8, 4) is 0 Å². The van der Waals surface area contributed by atoms with Gasteiger partial charge in [0.05, 0.1) is 51.1 Å². The van der Waals surface area contributed by atoms with Gasteiger partial charge in [0.25, 0.3) is 0 Å². The van der Waals surface area contributed by atoms with Crippen LogP contribution in [-0.4, -0.2) is 64.5 Å².